The van der Waals surface area contributed by atoms with Crippen LogP contribution in [0.15, 0.2) is 36.2 Å². The van der Waals surface area contributed by atoms with Crippen molar-refractivity contribution in [2.75, 3.05) is 0 Å². The Morgan fingerprint density at radius 2 is 1.66 bits per heavy atom. The third-order valence-electron chi connectivity index (χ3n) is 6.85. The van der Waals surface area contributed by atoms with Gasteiger partial charge in [-0.15, -0.1) is 0 Å². The molecule has 0 unspecified atom stereocenters. The fourth-order valence-electron chi connectivity index (χ4n) is 4.90. The van der Waals surface area contributed by atoms with Gasteiger partial charge < -0.3 is 4.74 Å². The Morgan fingerprint density at radius 1 is 1.03 bits per heavy atom. The Labute approximate surface area is 186 Å². The van der Waals surface area contributed by atoms with Gasteiger partial charge in [0.25, 0.3) is 0 Å². The SMILES string of the molecule is N#C/C(F)=C\CCC1CCC(OC(=O)C2CCC(c3ccc(C(F)(F)F)cc3)CC2)CC1. The summed E-state index contributed by atoms with van der Waals surface area (Å²) < 4.78 is 56.8. The van der Waals surface area contributed by atoms with Gasteiger partial charge in [-0.3, -0.25) is 4.79 Å². The first-order valence-corrected chi connectivity index (χ1v) is 11.4. The molecular formula is C25H29F4NO2. The maximum absolute atomic E-state index is 12.8. The largest absolute Gasteiger partial charge is 0.462 e. The fraction of sp³-hybridized carbons (Fsp3) is 0.600. The van der Waals surface area contributed by atoms with Crippen molar-refractivity contribution in [3.63, 3.8) is 0 Å². The lowest BCUT2D eigenvalue weighted by Crippen LogP contribution is -2.29. The van der Waals surface area contributed by atoms with Crippen molar-refractivity contribution in [1.29, 1.82) is 5.26 Å². The highest BCUT2D eigenvalue weighted by molar-refractivity contribution is 5.72. The summed E-state index contributed by atoms with van der Waals surface area (Å²) in [7, 11) is 0. The van der Waals surface area contributed by atoms with Crippen LogP contribution in [0.1, 0.15) is 81.3 Å². The van der Waals surface area contributed by atoms with E-state index in [2.05, 4.69) is 0 Å². The maximum Gasteiger partial charge on any atom is 0.416 e. The molecule has 3 rings (SSSR count). The second kappa shape index (κ2) is 11.0. The predicted octanol–water partition coefficient (Wildman–Crippen LogP) is 7.24. The topological polar surface area (TPSA) is 50.1 Å². The van der Waals surface area contributed by atoms with E-state index < -0.39 is 17.6 Å². The zero-order chi connectivity index (χ0) is 23.1. The first-order chi connectivity index (χ1) is 15.3. The summed E-state index contributed by atoms with van der Waals surface area (Å²) in [6, 6.07) is 6.83. The molecule has 32 heavy (non-hydrogen) atoms. The lowest BCUT2D eigenvalue weighted by atomic mass is 9.78. The lowest BCUT2D eigenvalue weighted by Gasteiger charge is -2.31. The van der Waals surface area contributed by atoms with E-state index >= 15 is 0 Å². The van der Waals surface area contributed by atoms with E-state index in [4.69, 9.17) is 10.00 Å². The second-order valence-corrected chi connectivity index (χ2v) is 8.99. The van der Waals surface area contributed by atoms with Crippen molar-refractivity contribution in [1.82, 2.24) is 0 Å². The van der Waals surface area contributed by atoms with Gasteiger partial charge in [-0.1, -0.05) is 12.1 Å². The molecule has 1 aromatic carbocycles. The third kappa shape index (κ3) is 6.82. The van der Waals surface area contributed by atoms with Crippen LogP contribution in [0.25, 0.3) is 0 Å². The number of ether oxygens (including phenoxy) is 1. The van der Waals surface area contributed by atoms with Crippen LogP contribution in [0.4, 0.5) is 17.6 Å². The molecule has 0 aliphatic heterocycles. The monoisotopic (exact) mass is 451 g/mol. The molecule has 0 spiro atoms. The van der Waals surface area contributed by atoms with Gasteiger partial charge in [0.2, 0.25) is 0 Å². The number of allylic oxidation sites excluding steroid dienone is 2. The highest BCUT2D eigenvalue weighted by Gasteiger charge is 2.33. The van der Waals surface area contributed by atoms with E-state index in [0.29, 0.717) is 25.2 Å². The van der Waals surface area contributed by atoms with Gasteiger partial charge in [-0.2, -0.15) is 22.8 Å². The predicted molar refractivity (Wildman–Crippen MR) is 112 cm³/mol. The van der Waals surface area contributed by atoms with E-state index in [-0.39, 0.29) is 23.9 Å². The van der Waals surface area contributed by atoms with E-state index in [1.165, 1.54) is 12.1 Å². The average Bonchev–Trinajstić information content (AvgIpc) is 2.79. The van der Waals surface area contributed by atoms with E-state index in [1.54, 1.807) is 12.1 Å². The minimum absolute atomic E-state index is 0.0715. The molecule has 2 aliphatic rings. The Hall–Kier alpha value is -2.36. The number of nitrogens with zero attached hydrogens (tertiary/aromatic N) is 1. The molecule has 2 aliphatic carbocycles. The number of carbonyl (C=O) groups is 1. The summed E-state index contributed by atoms with van der Waals surface area (Å²) in [5.74, 6) is -0.389. The summed E-state index contributed by atoms with van der Waals surface area (Å²) in [5, 5.41) is 8.43. The number of esters is 1. The third-order valence-corrected chi connectivity index (χ3v) is 6.85. The van der Waals surface area contributed by atoms with Crippen LogP contribution in [-0.2, 0) is 15.7 Å². The summed E-state index contributed by atoms with van der Waals surface area (Å²) in [4.78, 5) is 12.6. The quantitative estimate of drug-likeness (QED) is 0.260. The number of rotatable bonds is 6. The van der Waals surface area contributed by atoms with Gasteiger partial charge in [0, 0.05) is 0 Å². The molecule has 0 heterocycles. The standard InChI is InChI=1S/C25H29F4NO2/c26-22(16-30)3-1-2-17-4-14-23(15-5-17)32-24(31)20-8-6-18(7-9-20)19-10-12-21(13-11-19)25(27,28)29/h3,10-13,17-18,20,23H,1-2,4-9,14-15H2/b22-3+. The summed E-state index contributed by atoms with van der Waals surface area (Å²) >= 11 is 0. The molecule has 0 amide bonds. The van der Waals surface area contributed by atoms with Crippen LogP contribution in [0.2, 0.25) is 0 Å². The van der Waals surface area contributed by atoms with Crippen LogP contribution >= 0.6 is 0 Å². The van der Waals surface area contributed by atoms with Gasteiger partial charge >= 0.3 is 12.1 Å². The minimum atomic E-state index is -4.33. The Bertz CT molecular complexity index is 825. The number of halogens is 4. The molecule has 0 bridgehead atoms. The molecule has 174 valence electrons. The molecule has 3 nitrogen and oxygen atoms in total. The zero-order valence-electron chi connectivity index (χ0n) is 18.0. The molecule has 2 fully saturated rings. The van der Waals surface area contributed by atoms with Gasteiger partial charge in [0.1, 0.15) is 12.2 Å². The average molecular weight is 452 g/mol. The van der Waals surface area contributed by atoms with Crippen molar-refractivity contribution in [2.45, 2.75) is 82.4 Å². The molecule has 0 aromatic heterocycles. The van der Waals surface area contributed by atoms with Gasteiger partial charge in [0.05, 0.1) is 11.5 Å². The zero-order valence-corrected chi connectivity index (χ0v) is 18.0. The number of carbonyl (C=O) groups excluding carboxylic acids is 1. The number of hydrogen-bond donors (Lipinski definition) is 0. The van der Waals surface area contributed by atoms with Gasteiger partial charge in [-0.05, 0) is 99.8 Å². The van der Waals surface area contributed by atoms with E-state index in [9.17, 15) is 22.4 Å². The molecule has 0 radical (unpaired) electrons. The van der Waals surface area contributed by atoms with Crippen molar-refractivity contribution < 1.29 is 27.1 Å². The first-order valence-electron chi connectivity index (χ1n) is 11.4. The highest BCUT2D eigenvalue weighted by atomic mass is 19.4. The number of alkyl halides is 3. The van der Waals surface area contributed by atoms with Gasteiger partial charge in [-0.25, -0.2) is 0 Å². The molecule has 0 saturated heterocycles. The molecular weight excluding hydrogens is 422 g/mol. The Balaban J connectivity index is 1.38. The number of hydrogen-bond acceptors (Lipinski definition) is 3. The highest BCUT2D eigenvalue weighted by Crippen LogP contribution is 2.38. The Kier molecular flexibility index (Phi) is 8.33. The fourth-order valence-corrected chi connectivity index (χ4v) is 4.90. The molecule has 0 N–H and O–H groups in total. The van der Waals surface area contributed by atoms with Crippen LogP contribution in [0, 0.1) is 23.2 Å². The molecule has 1 aromatic rings. The van der Waals surface area contributed by atoms with Crippen LogP contribution in [0.3, 0.4) is 0 Å². The van der Waals surface area contributed by atoms with Crippen molar-refractivity contribution >= 4 is 5.97 Å². The van der Waals surface area contributed by atoms with Crippen molar-refractivity contribution in [3.8, 4) is 6.07 Å². The second-order valence-electron chi connectivity index (χ2n) is 8.99. The van der Waals surface area contributed by atoms with E-state index in [1.807, 2.05) is 0 Å². The van der Waals surface area contributed by atoms with Gasteiger partial charge in [0.15, 0.2) is 5.83 Å². The van der Waals surface area contributed by atoms with Crippen molar-refractivity contribution in [2.24, 2.45) is 11.8 Å². The van der Waals surface area contributed by atoms with Crippen LogP contribution < -0.4 is 0 Å². The summed E-state index contributed by atoms with van der Waals surface area (Å²) in [6.07, 6.45) is 4.71. The molecule has 7 heteroatoms. The van der Waals surface area contributed by atoms with Crippen LogP contribution in [0.5, 0.6) is 0 Å². The minimum Gasteiger partial charge on any atom is -0.462 e. The summed E-state index contributed by atoms with van der Waals surface area (Å²) in [6.45, 7) is 0. The normalized spacial score (nSPS) is 26.9. The molecule has 0 atom stereocenters. The van der Waals surface area contributed by atoms with Crippen LogP contribution in [-0.4, -0.2) is 12.1 Å². The first kappa shape index (κ1) is 24.3. The van der Waals surface area contributed by atoms with E-state index in [0.717, 1.165) is 62.6 Å². The molecule has 2 saturated carbocycles. The number of nitriles is 1. The smallest absolute Gasteiger partial charge is 0.416 e. The lowest BCUT2D eigenvalue weighted by molar-refractivity contribution is -0.157. The Morgan fingerprint density at radius 3 is 2.22 bits per heavy atom. The number of benzene rings is 1. The van der Waals surface area contributed by atoms with Crippen molar-refractivity contribution in [3.05, 3.63) is 47.3 Å². The summed E-state index contributed by atoms with van der Waals surface area (Å²) in [5.41, 5.74) is 0.256. The maximum atomic E-state index is 12.8.